The largest absolute Gasteiger partial charge is 0.465 e. The van der Waals surface area contributed by atoms with E-state index in [2.05, 4.69) is 11.1 Å². The highest BCUT2D eigenvalue weighted by molar-refractivity contribution is 6.36. The van der Waals surface area contributed by atoms with Crippen LogP contribution in [0.4, 0.5) is 4.79 Å². The molecule has 1 unspecified atom stereocenters. The van der Waals surface area contributed by atoms with Crippen molar-refractivity contribution < 1.29 is 14.7 Å². The first kappa shape index (κ1) is 23.1. The van der Waals surface area contributed by atoms with Crippen LogP contribution in [0.3, 0.4) is 0 Å². The molecular formula is C26H24ClN5O3. The molecule has 0 spiro atoms. The lowest BCUT2D eigenvalue weighted by Crippen LogP contribution is -2.55. The quantitative estimate of drug-likeness (QED) is 0.576. The van der Waals surface area contributed by atoms with E-state index >= 15 is 0 Å². The maximum absolute atomic E-state index is 13.3. The SMILES string of the molecule is C[C@H]1CN(C(=O)O)CCN1C(=O)c1ccc2c(Cl)c3c(nc2c1)CC(c1ccnc(C#N)c1)CC3. The van der Waals surface area contributed by atoms with Crippen molar-refractivity contribution in [1.82, 2.24) is 19.8 Å². The number of carbonyl (C=O) groups is 2. The smallest absolute Gasteiger partial charge is 0.407 e. The second kappa shape index (κ2) is 9.16. The predicted octanol–water partition coefficient (Wildman–Crippen LogP) is 4.25. The van der Waals surface area contributed by atoms with E-state index in [0.717, 1.165) is 35.0 Å². The average Bonchev–Trinajstić information content (AvgIpc) is 2.87. The van der Waals surface area contributed by atoms with Gasteiger partial charge in [0.2, 0.25) is 0 Å². The number of piperazine rings is 1. The summed E-state index contributed by atoms with van der Waals surface area (Å²) >= 11 is 6.80. The lowest BCUT2D eigenvalue weighted by molar-refractivity contribution is 0.0484. The highest BCUT2D eigenvalue weighted by atomic mass is 35.5. The molecule has 35 heavy (non-hydrogen) atoms. The van der Waals surface area contributed by atoms with Gasteiger partial charge in [-0.05, 0) is 67.5 Å². The van der Waals surface area contributed by atoms with Crippen molar-refractivity contribution in [2.24, 2.45) is 0 Å². The van der Waals surface area contributed by atoms with Crippen LogP contribution in [-0.4, -0.2) is 62.6 Å². The Hall–Kier alpha value is -3.70. The highest BCUT2D eigenvalue weighted by Gasteiger charge is 2.31. The third-order valence-electron chi connectivity index (χ3n) is 7.06. The number of aromatic nitrogens is 2. The molecule has 1 aromatic carbocycles. The summed E-state index contributed by atoms with van der Waals surface area (Å²) in [5, 5.41) is 19.9. The molecule has 1 N–H and O–H groups in total. The number of hydrogen-bond donors (Lipinski definition) is 1. The Bertz CT molecular complexity index is 1390. The number of carboxylic acid groups (broad SMARTS) is 1. The molecule has 2 atom stereocenters. The average molecular weight is 490 g/mol. The number of rotatable bonds is 2. The van der Waals surface area contributed by atoms with Crippen molar-refractivity contribution in [2.45, 2.75) is 38.1 Å². The van der Waals surface area contributed by atoms with Crippen molar-refractivity contribution >= 4 is 34.5 Å². The summed E-state index contributed by atoms with van der Waals surface area (Å²) in [6, 6.07) is 11.1. The number of pyridine rings is 2. The second-order valence-corrected chi connectivity index (χ2v) is 9.56. The van der Waals surface area contributed by atoms with Gasteiger partial charge < -0.3 is 14.9 Å². The van der Waals surface area contributed by atoms with E-state index in [1.54, 1.807) is 23.2 Å². The van der Waals surface area contributed by atoms with Crippen LogP contribution in [0.1, 0.15) is 52.1 Å². The van der Waals surface area contributed by atoms with Gasteiger partial charge in [0.15, 0.2) is 0 Å². The van der Waals surface area contributed by atoms with E-state index in [9.17, 15) is 20.0 Å². The summed E-state index contributed by atoms with van der Waals surface area (Å²) in [5.74, 6) is 0.0774. The number of halogens is 1. The van der Waals surface area contributed by atoms with Gasteiger partial charge in [0.05, 0.1) is 10.5 Å². The molecule has 1 aliphatic carbocycles. The minimum absolute atomic E-state index is 0.140. The third kappa shape index (κ3) is 4.28. The number of amides is 2. The summed E-state index contributed by atoms with van der Waals surface area (Å²) in [7, 11) is 0. The fourth-order valence-corrected chi connectivity index (χ4v) is 5.53. The maximum Gasteiger partial charge on any atom is 0.407 e. The van der Waals surface area contributed by atoms with Gasteiger partial charge in [0.25, 0.3) is 5.91 Å². The van der Waals surface area contributed by atoms with Crippen LogP contribution in [0.15, 0.2) is 36.5 Å². The number of hydrogen-bond acceptors (Lipinski definition) is 5. The van der Waals surface area contributed by atoms with E-state index in [0.29, 0.717) is 41.3 Å². The van der Waals surface area contributed by atoms with Crippen LogP contribution in [0.5, 0.6) is 0 Å². The van der Waals surface area contributed by atoms with Gasteiger partial charge in [-0.1, -0.05) is 17.7 Å². The molecule has 1 aliphatic heterocycles. The number of carbonyl (C=O) groups excluding carboxylic acids is 1. The van der Waals surface area contributed by atoms with Crippen LogP contribution in [0.25, 0.3) is 10.9 Å². The molecule has 0 saturated carbocycles. The minimum atomic E-state index is -0.966. The van der Waals surface area contributed by atoms with Gasteiger partial charge in [-0.15, -0.1) is 0 Å². The van der Waals surface area contributed by atoms with E-state index in [-0.39, 0.29) is 24.4 Å². The zero-order chi connectivity index (χ0) is 24.7. The molecule has 1 fully saturated rings. The topological polar surface area (TPSA) is 110 Å². The summed E-state index contributed by atoms with van der Waals surface area (Å²) in [4.78, 5) is 36.6. The van der Waals surface area contributed by atoms with Gasteiger partial charge in [-0.25, -0.2) is 9.78 Å². The van der Waals surface area contributed by atoms with E-state index in [1.165, 1.54) is 4.90 Å². The molecule has 1 saturated heterocycles. The molecule has 2 amide bonds. The first-order valence-corrected chi connectivity index (χ1v) is 12.0. The van der Waals surface area contributed by atoms with Crippen molar-refractivity contribution in [3.8, 4) is 6.07 Å². The first-order chi connectivity index (χ1) is 16.9. The van der Waals surface area contributed by atoms with Gasteiger partial charge >= 0.3 is 6.09 Å². The van der Waals surface area contributed by atoms with Gasteiger partial charge in [0.1, 0.15) is 11.8 Å². The summed E-state index contributed by atoms with van der Waals surface area (Å²) < 4.78 is 0. The standard InChI is InChI=1S/C26H24ClN5O3/c1-15-14-31(26(34)35)8-9-32(15)25(33)18-3-5-21-23(12-18)30-22-11-16(2-4-20(22)24(21)27)17-6-7-29-19(10-17)13-28/h3,5-7,10,12,15-16H,2,4,8-9,11,14H2,1H3,(H,34,35)/t15-,16?/m0/s1. The number of fused-ring (bicyclic) bond motifs is 2. The van der Waals surface area contributed by atoms with Gasteiger partial charge in [-0.2, -0.15) is 5.26 Å². The molecule has 0 bridgehead atoms. The van der Waals surface area contributed by atoms with Crippen molar-refractivity contribution in [3.05, 3.63) is 69.6 Å². The molecule has 3 aromatic rings. The van der Waals surface area contributed by atoms with E-state index < -0.39 is 6.09 Å². The molecule has 0 radical (unpaired) electrons. The second-order valence-electron chi connectivity index (χ2n) is 9.19. The Morgan fingerprint density at radius 1 is 1.23 bits per heavy atom. The van der Waals surface area contributed by atoms with Crippen LogP contribution in [0.2, 0.25) is 5.02 Å². The van der Waals surface area contributed by atoms with E-state index in [4.69, 9.17) is 16.6 Å². The third-order valence-corrected chi connectivity index (χ3v) is 7.49. The summed E-state index contributed by atoms with van der Waals surface area (Å²) in [5.41, 5.74) is 4.61. The Kier molecular flexibility index (Phi) is 6.03. The Morgan fingerprint density at radius 3 is 2.80 bits per heavy atom. The molecule has 5 rings (SSSR count). The maximum atomic E-state index is 13.3. The van der Waals surface area contributed by atoms with Gasteiger partial charge in [0, 0.05) is 48.5 Å². The molecule has 2 aromatic heterocycles. The molecule has 9 heteroatoms. The van der Waals surface area contributed by atoms with Crippen molar-refractivity contribution in [2.75, 3.05) is 19.6 Å². The fraction of sp³-hybridized carbons (Fsp3) is 0.346. The fourth-order valence-electron chi connectivity index (χ4n) is 5.17. The van der Waals surface area contributed by atoms with Crippen LogP contribution in [-0.2, 0) is 12.8 Å². The number of benzene rings is 1. The van der Waals surface area contributed by atoms with Crippen molar-refractivity contribution in [1.29, 1.82) is 5.26 Å². The zero-order valence-corrected chi connectivity index (χ0v) is 20.0. The Balaban J connectivity index is 1.44. The number of nitrogens with zero attached hydrogens (tertiary/aromatic N) is 5. The highest BCUT2D eigenvalue weighted by Crippen LogP contribution is 2.38. The van der Waals surface area contributed by atoms with Crippen LogP contribution in [0, 0.1) is 11.3 Å². The van der Waals surface area contributed by atoms with Crippen molar-refractivity contribution in [3.63, 3.8) is 0 Å². The van der Waals surface area contributed by atoms with Crippen LogP contribution < -0.4 is 0 Å². The summed E-state index contributed by atoms with van der Waals surface area (Å²) in [6.45, 7) is 2.79. The minimum Gasteiger partial charge on any atom is -0.465 e. The monoisotopic (exact) mass is 489 g/mol. The molecular weight excluding hydrogens is 466 g/mol. The lowest BCUT2D eigenvalue weighted by Gasteiger charge is -2.38. The van der Waals surface area contributed by atoms with E-state index in [1.807, 2.05) is 25.1 Å². The Labute approximate surface area is 207 Å². The zero-order valence-electron chi connectivity index (χ0n) is 19.2. The van der Waals surface area contributed by atoms with Gasteiger partial charge in [-0.3, -0.25) is 9.78 Å². The molecule has 8 nitrogen and oxygen atoms in total. The predicted molar refractivity (Wildman–Crippen MR) is 131 cm³/mol. The lowest BCUT2D eigenvalue weighted by atomic mass is 9.82. The molecule has 3 heterocycles. The first-order valence-electron chi connectivity index (χ1n) is 11.6. The van der Waals surface area contributed by atoms with Crippen LogP contribution >= 0.6 is 11.6 Å². The molecule has 178 valence electrons. The number of nitriles is 1. The Morgan fingerprint density at radius 2 is 2.06 bits per heavy atom. The summed E-state index contributed by atoms with van der Waals surface area (Å²) in [6.07, 6.45) is 3.10. The normalized spacial score (nSPS) is 19.8. The molecule has 2 aliphatic rings.